The first-order valence-corrected chi connectivity index (χ1v) is 20.3. The van der Waals surface area contributed by atoms with Crippen molar-refractivity contribution in [1.82, 2.24) is 0 Å². The van der Waals surface area contributed by atoms with E-state index in [1.807, 2.05) is 6.07 Å². The molecule has 2 heterocycles. The van der Waals surface area contributed by atoms with Crippen molar-refractivity contribution >= 4 is 65.4 Å². The van der Waals surface area contributed by atoms with Crippen molar-refractivity contribution in [3.05, 3.63) is 229 Å². The second kappa shape index (κ2) is 12.2. The van der Waals surface area contributed by atoms with Crippen LogP contribution in [0, 0.1) is 0 Å². The number of fused-ring (bicyclic) bond motifs is 11. The molecule has 1 aliphatic rings. The summed E-state index contributed by atoms with van der Waals surface area (Å²) in [6, 6.07) is 75.5. The van der Waals surface area contributed by atoms with Crippen LogP contribution in [0.3, 0.4) is 0 Å². The van der Waals surface area contributed by atoms with E-state index in [0.717, 1.165) is 60.6 Å². The molecular weight excluding hydrogens is 717 g/mol. The van der Waals surface area contributed by atoms with Gasteiger partial charge in [-0.05, 0) is 138 Å². The third-order valence-corrected chi connectivity index (χ3v) is 12.9. The van der Waals surface area contributed by atoms with Crippen molar-refractivity contribution in [1.29, 1.82) is 0 Å². The smallest absolute Gasteiger partial charge is 0.136 e. The van der Waals surface area contributed by atoms with Crippen LogP contribution in [0.15, 0.2) is 215 Å². The molecule has 59 heavy (non-hydrogen) atoms. The molecular formula is C57H34O2. The zero-order valence-corrected chi connectivity index (χ0v) is 31.9. The van der Waals surface area contributed by atoms with E-state index in [-0.39, 0.29) is 0 Å². The summed E-state index contributed by atoms with van der Waals surface area (Å²) in [6.07, 6.45) is 0. The normalized spacial score (nSPS) is 13.2. The molecule has 0 saturated heterocycles. The number of hydrogen-bond acceptors (Lipinski definition) is 2. The summed E-state index contributed by atoms with van der Waals surface area (Å²) in [5.74, 6) is 0. The highest BCUT2D eigenvalue weighted by Gasteiger charge is 2.47. The Balaban J connectivity index is 1.21. The van der Waals surface area contributed by atoms with Gasteiger partial charge in [0.25, 0.3) is 0 Å². The maximum absolute atomic E-state index is 6.67. The van der Waals surface area contributed by atoms with Gasteiger partial charge in [-0.25, -0.2) is 0 Å². The first-order valence-electron chi connectivity index (χ1n) is 20.3. The summed E-state index contributed by atoms with van der Waals surface area (Å²) in [5.41, 5.74) is 15.1. The molecule has 10 aromatic carbocycles. The molecule has 0 fully saturated rings. The standard InChI is InChI=1S/C57H34O2/c1-3-18-41(19-4-1)57(42-20-5-2-6-21-42)49-32-37-16-9-7-14-35(37)28-47(49)55-45(39-26-27-52-46(30-39)44-22-11-12-24-51(44)58-52)31-40(33-50(55)57)43-23-13-25-53-56(43)48-29-36-15-8-10-17-38(36)34-54(48)59-53/h1-34H. The van der Waals surface area contributed by atoms with E-state index in [0.29, 0.717) is 0 Å². The SMILES string of the molecule is c1ccc(C2(c3ccccc3)c3cc4ccccc4cc3-c3c(-c4ccc5oc6ccccc6c5c4)cc(-c4cccc5oc6cc7ccccc7cc6c45)cc32)cc1. The van der Waals surface area contributed by atoms with Crippen molar-refractivity contribution < 1.29 is 8.83 Å². The summed E-state index contributed by atoms with van der Waals surface area (Å²) < 4.78 is 13.1. The van der Waals surface area contributed by atoms with E-state index in [1.54, 1.807) is 0 Å². The summed E-state index contributed by atoms with van der Waals surface area (Å²) in [5, 5.41) is 9.30. The van der Waals surface area contributed by atoms with E-state index < -0.39 is 5.41 Å². The lowest BCUT2D eigenvalue weighted by atomic mass is 9.67. The van der Waals surface area contributed by atoms with Crippen LogP contribution in [0.1, 0.15) is 22.3 Å². The molecule has 2 nitrogen and oxygen atoms in total. The van der Waals surface area contributed by atoms with E-state index in [1.165, 1.54) is 60.5 Å². The number of furan rings is 2. The predicted octanol–water partition coefficient (Wildman–Crippen LogP) is 15.5. The Morgan fingerprint density at radius 1 is 0.305 bits per heavy atom. The third-order valence-electron chi connectivity index (χ3n) is 12.9. The van der Waals surface area contributed by atoms with Gasteiger partial charge in [-0.15, -0.1) is 0 Å². The average molecular weight is 751 g/mol. The number of rotatable bonds is 4. The van der Waals surface area contributed by atoms with Crippen molar-refractivity contribution in [3.8, 4) is 33.4 Å². The largest absolute Gasteiger partial charge is 0.456 e. The Labute approximate surface area is 340 Å². The van der Waals surface area contributed by atoms with Gasteiger partial charge in [-0.3, -0.25) is 0 Å². The fraction of sp³-hybridized carbons (Fsp3) is 0.0175. The van der Waals surface area contributed by atoms with Gasteiger partial charge < -0.3 is 8.83 Å². The van der Waals surface area contributed by atoms with Gasteiger partial charge in [-0.2, -0.15) is 0 Å². The van der Waals surface area contributed by atoms with E-state index in [2.05, 4.69) is 200 Å². The zero-order chi connectivity index (χ0) is 38.7. The van der Waals surface area contributed by atoms with Crippen molar-refractivity contribution in [2.45, 2.75) is 5.41 Å². The van der Waals surface area contributed by atoms with Crippen molar-refractivity contribution in [2.24, 2.45) is 0 Å². The monoisotopic (exact) mass is 750 g/mol. The minimum Gasteiger partial charge on any atom is -0.456 e. The lowest BCUT2D eigenvalue weighted by Gasteiger charge is -2.34. The lowest BCUT2D eigenvalue weighted by molar-refractivity contribution is 0.669. The number of benzene rings is 10. The van der Waals surface area contributed by atoms with Gasteiger partial charge in [0.2, 0.25) is 0 Å². The molecule has 2 heteroatoms. The van der Waals surface area contributed by atoms with Gasteiger partial charge in [0.1, 0.15) is 22.3 Å². The van der Waals surface area contributed by atoms with Gasteiger partial charge in [0.15, 0.2) is 0 Å². The van der Waals surface area contributed by atoms with Crippen LogP contribution < -0.4 is 0 Å². The molecule has 0 radical (unpaired) electrons. The quantitative estimate of drug-likeness (QED) is 0.179. The molecule has 0 unspecified atom stereocenters. The topological polar surface area (TPSA) is 26.3 Å². The molecule has 13 rings (SSSR count). The molecule has 0 bridgehead atoms. The van der Waals surface area contributed by atoms with Crippen LogP contribution >= 0.6 is 0 Å². The summed E-state index contributed by atoms with van der Waals surface area (Å²) in [6.45, 7) is 0. The number of hydrogen-bond donors (Lipinski definition) is 0. The maximum atomic E-state index is 6.67. The molecule has 0 N–H and O–H groups in total. The van der Waals surface area contributed by atoms with Crippen LogP contribution in [0.25, 0.3) is 98.8 Å². The second-order valence-corrected chi connectivity index (χ2v) is 16.0. The third kappa shape index (κ3) is 4.57. The minimum atomic E-state index is -0.614. The molecule has 2 aromatic heterocycles. The zero-order valence-electron chi connectivity index (χ0n) is 31.9. The van der Waals surface area contributed by atoms with Crippen molar-refractivity contribution in [3.63, 3.8) is 0 Å². The van der Waals surface area contributed by atoms with Gasteiger partial charge in [0.05, 0.1) is 5.41 Å². The fourth-order valence-electron chi connectivity index (χ4n) is 10.3. The molecule has 0 saturated carbocycles. The molecule has 0 amide bonds. The first-order chi connectivity index (χ1) is 29.2. The summed E-state index contributed by atoms with van der Waals surface area (Å²) in [7, 11) is 0. The summed E-state index contributed by atoms with van der Waals surface area (Å²) >= 11 is 0. The Hall–Kier alpha value is -7.68. The molecule has 12 aromatic rings. The van der Waals surface area contributed by atoms with E-state index >= 15 is 0 Å². The second-order valence-electron chi connectivity index (χ2n) is 16.0. The van der Waals surface area contributed by atoms with E-state index in [9.17, 15) is 0 Å². The highest BCUT2D eigenvalue weighted by molar-refractivity contribution is 6.16. The lowest BCUT2D eigenvalue weighted by Crippen LogP contribution is -2.28. The van der Waals surface area contributed by atoms with Crippen molar-refractivity contribution in [2.75, 3.05) is 0 Å². The predicted molar refractivity (Wildman–Crippen MR) is 244 cm³/mol. The highest BCUT2D eigenvalue weighted by Crippen LogP contribution is 2.60. The van der Waals surface area contributed by atoms with Gasteiger partial charge >= 0.3 is 0 Å². The molecule has 1 aliphatic carbocycles. The van der Waals surface area contributed by atoms with Crippen LogP contribution in [0.5, 0.6) is 0 Å². The Morgan fingerprint density at radius 2 is 0.915 bits per heavy atom. The first kappa shape index (κ1) is 32.4. The van der Waals surface area contributed by atoms with Gasteiger partial charge in [0, 0.05) is 21.5 Å². The van der Waals surface area contributed by atoms with Crippen LogP contribution in [-0.2, 0) is 5.41 Å². The van der Waals surface area contributed by atoms with Gasteiger partial charge in [-0.1, -0.05) is 146 Å². The number of para-hydroxylation sites is 1. The van der Waals surface area contributed by atoms with Crippen LogP contribution in [0.4, 0.5) is 0 Å². The molecule has 0 aliphatic heterocycles. The Bertz CT molecular complexity index is 3620. The maximum Gasteiger partial charge on any atom is 0.136 e. The summed E-state index contributed by atoms with van der Waals surface area (Å²) in [4.78, 5) is 0. The highest BCUT2D eigenvalue weighted by atomic mass is 16.3. The van der Waals surface area contributed by atoms with Crippen LogP contribution in [0.2, 0.25) is 0 Å². The molecule has 274 valence electrons. The molecule has 0 atom stereocenters. The molecule has 0 spiro atoms. The minimum absolute atomic E-state index is 0.614. The van der Waals surface area contributed by atoms with E-state index in [4.69, 9.17) is 8.83 Å². The Kier molecular flexibility index (Phi) is 6.68. The Morgan fingerprint density at radius 3 is 1.68 bits per heavy atom. The van der Waals surface area contributed by atoms with Crippen LogP contribution in [-0.4, -0.2) is 0 Å². The average Bonchev–Trinajstić information content (AvgIpc) is 3.95. The fourth-order valence-corrected chi connectivity index (χ4v) is 10.3.